The van der Waals surface area contributed by atoms with Gasteiger partial charge in [-0.05, 0) is 40.5 Å². The highest BCUT2D eigenvalue weighted by Crippen LogP contribution is 2.38. The first-order valence-electron chi connectivity index (χ1n) is 7.89. The lowest BCUT2D eigenvalue weighted by Crippen LogP contribution is -2.14. The van der Waals surface area contributed by atoms with E-state index in [1.165, 1.54) is 16.9 Å². The van der Waals surface area contributed by atoms with Crippen molar-refractivity contribution in [2.24, 2.45) is 0 Å². The summed E-state index contributed by atoms with van der Waals surface area (Å²) >= 11 is 19.7. The molecular weight excluding hydrogens is 401 g/mol. The van der Waals surface area contributed by atoms with Gasteiger partial charge < -0.3 is 4.74 Å². The third-order valence-corrected chi connectivity index (χ3v) is 5.89. The Morgan fingerprint density at radius 3 is 2.36 bits per heavy atom. The van der Waals surface area contributed by atoms with Crippen molar-refractivity contribution in [3.63, 3.8) is 0 Å². The third-order valence-electron chi connectivity index (χ3n) is 3.76. The van der Waals surface area contributed by atoms with E-state index in [4.69, 9.17) is 39.5 Å². The number of nitrogens with one attached hydrogen (secondary N) is 1. The molecule has 0 aliphatic carbocycles. The molecular formula is C18H20Cl3NO2S. The monoisotopic (exact) mass is 419 g/mol. The van der Waals surface area contributed by atoms with Crippen LogP contribution >= 0.6 is 46.1 Å². The summed E-state index contributed by atoms with van der Waals surface area (Å²) in [6.07, 6.45) is -0.550. The lowest BCUT2D eigenvalue weighted by molar-refractivity contribution is 0.155. The first-order valence-corrected chi connectivity index (χ1v) is 9.91. The minimum atomic E-state index is -0.550. The Balaban J connectivity index is 2.11. The molecule has 0 saturated carbocycles. The van der Waals surface area contributed by atoms with Gasteiger partial charge in [0.15, 0.2) is 0 Å². The van der Waals surface area contributed by atoms with E-state index in [2.05, 4.69) is 38.4 Å². The molecule has 0 radical (unpaired) electrons. The molecule has 0 unspecified atom stereocenters. The quantitative estimate of drug-likeness (QED) is 0.503. The molecule has 0 saturated heterocycles. The van der Waals surface area contributed by atoms with Crippen molar-refractivity contribution in [3.05, 3.63) is 49.3 Å². The fourth-order valence-corrected chi connectivity index (χ4v) is 4.41. The normalized spacial score (nSPS) is 11.2. The lowest BCUT2D eigenvalue weighted by Gasteiger charge is -2.14. The molecule has 0 atom stereocenters. The maximum Gasteiger partial charge on any atom is 0.412 e. The third kappa shape index (κ3) is 4.82. The molecule has 1 N–H and O–H groups in total. The minimum Gasteiger partial charge on any atom is -0.444 e. The molecule has 1 heterocycles. The first-order chi connectivity index (χ1) is 11.7. The van der Waals surface area contributed by atoms with Gasteiger partial charge in [-0.2, -0.15) is 0 Å². The van der Waals surface area contributed by atoms with Crippen LogP contribution in [0.3, 0.4) is 0 Å². The lowest BCUT2D eigenvalue weighted by atomic mass is 9.94. The average molecular weight is 421 g/mol. The van der Waals surface area contributed by atoms with Gasteiger partial charge in [-0.3, -0.25) is 5.32 Å². The standard InChI is InChI=1S/C18H20Cl3NO2S/c1-9(2)12-8-25-17(15(12)10(3)4)22-18(23)24-7-11-13(19)5-6-14(20)16(11)21/h5-6,8-10H,7H2,1-4H3,(H,22,23). The number of carbonyl (C=O) groups excluding carboxylic acids is 1. The SMILES string of the molecule is CC(C)c1csc(NC(=O)OCc2c(Cl)ccc(Cl)c2Cl)c1C(C)C. The van der Waals surface area contributed by atoms with E-state index in [0.717, 1.165) is 10.6 Å². The summed E-state index contributed by atoms with van der Waals surface area (Å²) in [7, 11) is 0. The van der Waals surface area contributed by atoms with Crippen molar-refractivity contribution < 1.29 is 9.53 Å². The van der Waals surface area contributed by atoms with E-state index < -0.39 is 6.09 Å². The van der Waals surface area contributed by atoms with Crippen molar-refractivity contribution in [3.8, 4) is 0 Å². The van der Waals surface area contributed by atoms with E-state index in [0.29, 0.717) is 32.5 Å². The van der Waals surface area contributed by atoms with Gasteiger partial charge in [0.1, 0.15) is 11.6 Å². The van der Waals surface area contributed by atoms with Crippen LogP contribution in [0.1, 0.15) is 56.2 Å². The predicted octanol–water partition coefficient (Wildman–Crippen LogP) is 7.70. The maximum atomic E-state index is 12.2. The van der Waals surface area contributed by atoms with Crippen LogP contribution in [-0.2, 0) is 11.3 Å². The van der Waals surface area contributed by atoms with Crippen molar-refractivity contribution in [1.82, 2.24) is 0 Å². The zero-order chi connectivity index (χ0) is 18.7. The molecule has 25 heavy (non-hydrogen) atoms. The van der Waals surface area contributed by atoms with Crippen molar-refractivity contribution in [1.29, 1.82) is 0 Å². The number of halogens is 3. The number of thiophene rings is 1. The molecule has 7 heteroatoms. The molecule has 2 aromatic rings. The minimum absolute atomic E-state index is 0.0521. The van der Waals surface area contributed by atoms with Crippen molar-refractivity contribution in [2.75, 3.05) is 5.32 Å². The van der Waals surface area contributed by atoms with Crippen LogP contribution in [0.4, 0.5) is 9.80 Å². The van der Waals surface area contributed by atoms with Gasteiger partial charge in [-0.25, -0.2) is 4.79 Å². The summed E-state index contributed by atoms with van der Waals surface area (Å²) in [5, 5.41) is 6.79. The molecule has 0 bridgehead atoms. The Kier molecular flexibility index (Phi) is 7.03. The topological polar surface area (TPSA) is 38.3 Å². The number of amides is 1. The summed E-state index contributed by atoms with van der Waals surface area (Å²) in [4.78, 5) is 12.2. The zero-order valence-electron chi connectivity index (χ0n) is 14.5. The summed E-state index contributed by atoms with van der Waals surface area (Å²) in [5.41, 5.74) is 2.89. The highest BCUT2D eigenvalue weighted by Gasteiger charge is 2.19. The van der Waals surface area contributed by atoms with Crippen LogP contribution in [0, 0.1) is 0 Å². The zero-order valence-corrected chi connectivity index (χ0v) is 17.5. The highest BCUT2D eigenvalue weighted by molar-refractivity contribution is 7.14. The van der Waals surface area contributed by atoms with Crippen molar-refractivity contribution in [2.45, 2.75) is 46.1 Å². The Morgan fingerprint density at radius 1 is 1.12 bits per heavy atom. The molecule has 0 aliphatic heterocycles. The molecule has 3 nitrogen and oxygen atoms in total. The van der Waals surface area contributed by atoms with Gasteiger partial charge in [-0.15, -0.1) is 11.3 Å². The number of hydrogen-bond acceptors (Lipinski definition) is 3. The fourth-order valence-electron chi connectivity index (χ4n) is 2.49. The maximum absolute atomic E-state index is 12.2. The Labute approximate surface area is 167 Å². The molecule has 136 valence electrons. The fraction of sp³-hybridized carbons (Fsp3) is 0.389. The van der Waals surface area contributed by atoms with Gasteiger partial charge in [0.05, 0.1) is 10.0 Å². The molecule has 2 rings (SSSR count). The predicted molar refractivity (Wildman–Crippen MR) is 108 cm³/mol. The molecule has 1 amide bonds. The number of ether oxygens (including phenoxy) is 1. The summed E-state index contributed by atoms with van der Waals surface area (Å²) in [5.74, 6) is 0.695. The molecule has 0 fully saturated rings. The van der Waals surface area contributed by atoms with E-state index in [-0.39, 0.29) is 6.61 Å². The Hall–Kier alpha value is -0.940. The van der Waals surface area contributed by atoms with Gasteiger partial charge >= 0.3 is 6.09 Å². The number of anilines is 1. The molecule has 0 aliphatic rings. The van der Waals surface area contributed by atoms with Gasteiger partial charge in [0.2, 0.25) is 0 Å². The second-order valence-corrected chi connectivity index (χ2v) is 8.34. The number of hydrogen-bond donors (Lipinski definition) is 1. The molecule has 1 aromatic carbocycles. The van der Waals surface area contributed by atoms with Crippen molar-refractivity contribution >= 4 is 57.2 Å². The first kappa shape index (κ1) is 20.4. The summed E-state index contributed by atoms with van der Waals surface area (Å²) in [6.45, 7) is 8.44. The van der Waals surface area contributed by atoms with E-state index in [9.17, 15) is 4.79 Å². The summed E-state index contributed by atoms with van der Waals surface area (Å²) in [6, 6.07) is 3.22. The van der Waals surface area contributed by atoms with E-state index >= 15 is 0 Å². The smallest absolute Gasteiger partial charge is 0.412 e. The van der Waals surface area contributed by atoms with Crippen LogP contribution in [-0.4, -0.2) is 6.09 Å². The van der Waals surface area contributed by atoms with Gasteiger partial charge in [-0.1, -0.05) is 62.5 Å². The highest BCUT2D eigenvalue weighted by atomic mass is 35.5. The van der Waals surface area contributed by atoms with Crippen LogP contribution in [0.15, 0.2) is 17.5 Å². The van der Waals surface area contributed by atoms with E-state index in [1.54, 1.807) is 12.1 Å². The van der Waals surface area contributed by atoms with Crippen LogP contribution in [0.5, 0.6) is 0 Å². The second-order valence-electron chi connectivity index (χ2n) is 6.27. The number of rotatable bonds is 5. The second kappa shape index (κ2) is 8.63. The molecule has 0 spiro atoms. The summed E-state index contributed by atoms with van der Waals surface area (Å²) < 4.78 is 5.28. The van der Waals surface area contributed by atoms with Gasteiger partial charge in [0.25, 0.3) is 0 Å². The Morgan fingerprint density at radius 2 is 1.76 bits per heavy atom. The van der Waals surface area contributed by atoms with Gasteiger partial charge in [0, 0.05) is 10.6 Å². The Bertz CT molecular complexity index is 772. The average Bonchev–Trinajstić information content (AvgIpc) is 2.95. The van der Waals surface area contributed by atoms with Crippen LogP contribution < -0.4 is 5.32 Å². The van der Waals surface area contributed by atoms with E-state index in [1.807, 2.05) is 0 Å². The van der Waals surface area contributed by atoms with Crippen LogP contribution in [0.2, 0.25) is 15.1 Å². The number of carbonyl (C=O) groups is 1. The van der Waals surface area contributed by atoms with Crippen LogP contribution in [0.25, 0.3) is 0 Å². The number of benzene rings is 1. The largest absolute Gasteiger partial charge is 0.444 e. The molecule has 1 aromatic heterocycles.